The molecule has 10 rings (SSSR count). The Labute approximate surface area is 380 Å². The smallest absolute Gasteiger partial charge is 0.416 e. The summed E-state index contributed by atoms with van der Waals surface area (Å²) < 4.78 is 47.2. The van der Waals surface area contributed by atoms with Crippen molar-refractivity contribution in [1.29, 1.82) is 0 Å². The Bertz CT molecular complexity index is 2390. The number of fused-ring (bicyclic) bond motifs is 10. The lowest BCUT2D eigenvalue weighted by Gasteiger charge is -2.60. The summed E-state index contributed by atoms with van der Waals surface area (Å²) in [7, 11) is 0. The van der Waals surface area contributed by atoms with Crippen molar-refractivity contribution < 1.29 is 37.4 Å². The first-order valence-corrected chi connectivity index (χ1v) is 23.5. The maximum Gasteiger partial charge on any atom is 0.416 e. The molecular weight excluding hydrogens is 837 g/mol. The quantitative estimate of drug-likeness (QED) is 0.115. The Morgan fingerprint density at radius 1 is 0.969 bits per heavy atom. The topological polar surface area (TPSA) is 103 Å². The number of hydrogen-bond donors (Lipinski definition) is 3. The maximum absolute atomic E-state index is 14.8. The van der Waals surface area contributed by atoms with Gasteiger partial charge in [-0.2, -0.15) is 13.2 Å². The molecule has 1 aromatic heterocycles. The molecule has 0 saturated heterocycles. The molecule has 8 atom stereocenters. The van der Waals surface area contributed by atoms with Crippen LogP contribution in [0.2, 0.25) is 5.02 Å². The van der Waals surface area contributed by atoms with Crippen molar-refractivity contribution in [2.24, 2.45) is 28.6 Å². The van der Waals surface area contributed by atoms with Gasteiger partial charge in [-0.1, -0.05) is 86.5 Å². The molecule has 3 aromatic carbocycles. The van der Waals surface area contributed by atoms with Gasteiger partial charge in [-0.3, -0.25) is 4.79 Å². The summed E-state index contributed by atoms with van der Waals surface area (Å²) >= 11 is 6.39. The minimum Gasteiger partial charge on any atom is -0.453 e. The molecule has 0 unspecified atom stereocenters. The molecule has 342 valence electrons. The zero-order valence-electron chi connectivity index (χ0n) is 37.6. The molecule has 0 radical (unpaired) electrons. The van der Waals surface area contributed by atoms with Gasteiger partial charge in [0.05, 0.1) is 34.9 Å². The number of aliphatic hydroxyl groups excluding tert-OH is 1. The number of nitrogens with zero attached hydrogens (tertiary/aromatic N) is 1. The molecule has 1 heterocycles. The largest absolute Gasteiger partial charge is 0.453 e. The van der Waals surface area contributed by atoms with E-state index in [4.69, 9.17) is 16.0 Å². The average Bonchev–Trinajstić information content (AvgIpc) is 3.84. The van der Waals surface area contributed by atoms with E-state index in [1.54, 1.807) is 6.07 Å². The van der Waals surface area contributed by atoms with Crippen LogP contribution >= 0.6 is 11.6 Å². The van der Waals surface area contributed by atoms with Crippen LogP contribution in [0.15, 0.2) is 94.9 Å². The van der Waals surface area contributed by atoms with Gasteiger partial charge < -0.3 is 24.8 Å². The van der Waals surface area contributed by atoms with Gasteiger partial charge in [0, 0.05) is 23.1 Å². The third-order valence-corrected chi connectivity index (χ3v) is 16.5. The van der Waals surface area contributed by atoms with Crippen LogP contribution in [0.1, 0.15) is 143 Å². The van der Waals surface area contributed by atoms with Gasteiger partial charge in [0.15, 0.2) is 5.76 Å². The Hall–Kier alpha value is -4.38. The second kappa shape index (κ2) is 17.8. The van der Waals surface area contributed by atoms with Crippen molar-refractivity contribution in [3.8, 4) is 11.3 Å². The number of furan rings is 1. The highest BCUT2D eigenvalue weighted by Gasteiger charge is 2.59. The monoisotopic (exact) mass is 898 g/mol. The molecule has 7 nitrogen and oxygen atoms in total. The first-order valence-electron chi connectivity index (χ1n) is 23.1. The maximum atomic E-state index is 14.8. The van der Waals surface area contributed by atoms with Crippen LogP contribution < -0.4 is 5.32 Å². The summed E-state index contributed by atoms with van der Waals surface area (Å²) in [6.07, 6.45) is 3.96. The van der Waals surface area contributed by atoms with Gasteiger partial charge >= 0.3 is 12.2 Å². The number of halogens is 4. The number of aliphatic hydroxyl groups is 2. The number of hydrogen-bond acceptors (Lipinski definition) is 5. The summed E-state index contributed by atoms with van der Waals surface area (Å²) in [6.45, 7) is 11.5. The first kappa shape index (κ1) is 46.2. The predicted octanol–water partition coefficient (Wildman–Crippen LogP) is 12.7. The lowest BCUT2D eigenvalue weighted by Crippen LogP contribution is -2.59. The van der Waals surface area contributed by atoms with Crippen molar-refractivity contribution in [2.45, 2.75) is 129 Å². The molecule has 2 amide bonds. The Kier molecular flexibility index (Phi) is 12.8. The van der Waals surface area contributed by atoms with E-state index in [9.17, 15) is 33.0 Å². The zero-order valence-corrected chi connectivity index (χ0v) is 38.4. The number of rotatable bonds is 9. The highest BCUT2D eigenvalue weighted by atomic mass is 35.5. The number of carbonyl (C=O) groups is 2. The fraction of sp³-hybridized carbons (Fsp3) is 0.509. The molecule has 0 aliphatic heterocycles. The number of benzene rings is 3. The minimum absolute atomic E-state index is 0.0135. The van der Waals surface area contributed by atoms with E-state index in [-0.39, 0.29) is 52.1 Å². The number of alkyl halides is 3. The van der Waals surface area contributed by atoms with Crippen LogP contribution in [0, 0.1) is 28.6 Å². The molecule has 64 heavy (non-hydrogen) atoms. The summed E-state index contributed by atoms with van der Waals surface area (Å²) in [4.78, 5) is 31.4. The minimum atomic E-state index is -4.61. The van der Waals surface area contributed by atoms with E-state index in [0.717, 1.165) is 59.7 Å². The molecule has 11 heteroatoms. The third-order valence-electron chi connectivity index (χ3n) is 16.1. The fourth-order valence-corrected chi connectivity index (χ4v) is 12.1. The van der Waals surface area contributed by atoms with Gasteiger partial charge in [-0.15, -0.1) is 0 Å². The van der Waals surface area contributed by atoms with Gasteiger partial charge in [0.1, 0.15) is 5.76 Å². The molecule has 6 aliphatic rings. The Morgan fingerprint density at radius 2 is 1.73 bits per heavy atom. The standard InChI is InChI=1S/C53H62ClF3N2O5/c1-32-10-9-24-51(5)43(23-25-52(51,63)31-59(30-36-15-16-37-29-44(36)50(37,3)4)49(62)58-33(2)35-11-7-6-8-12-35)40-19-14-34(26-39(60)18-13-32)27-41(40)48(61)47-22-21-46(64-47)42-28-38(53(55,56)57)17-20-45(42)54/h6-8,10-12,14,17,19-22,27-28,33,36-37,39,43-44,60,63H,9,13,15-16,18,23-26,29-31H2,1-5H3,(H,58,62)/t33-,36+,37+,39+,43+,44+,51+,52-/m1/s1. The van der Waals surface area contributed by atoms with Crippen LogP contribution in [0.25, 0.3) is 11.3 Å². The molecule has 0 spiro atoms. The van der Waals surface area contributed by atoms with Gasteiger partial charge in [-0.05, 0) is 160 Å². The summed E-state index contributed by atoms with van der Waals surface area (Å²) in [5.74, 6) is 0.666. The van der Waals surface area contributed by atoms with Gasteiger partial charge in [0.25, 0.3) is 0 Å². The van der Waals surface area contributed by atoms with Crippen LogP contribution in [0.4, 0.5) is 18.0 Å². The van der Waals surface area contributed by atoms with Crippen molar-refractivity contribution in [3.63, 3.8) is 0 Å². The molecule has 3 N–H and O–H groups in total. The molecule has 6 aliphatic carbocycles. The number of ketones is 1. The average molecular weight is 900 g/mol. The number of allylic oxidation sites excluding steroid dienone is 2. The van der Waals surface area contributed by atoms with Crippen LogP contribution in [-0.2, 0) is 12.6 Å². The van der Waals surface area contributed by atoms with Crippen LogP contribution in [0.3, 0.4) is 0 Å². The molecule has 4 aromatic rings. The Morgan fingerprint density at radius 3 is 2.45 bits per heavy atom. The predicted molar refractivity (Wildman–Crippen MR) is 244 cm³/mol. The van der Waals surface area contributed by atoms with Crippen molar-refractivity contribution in [1.82, 2.24) is 10.2 Å². The highest BCUT2D eigenvalue weighted by Crippen LogP contribution is 2.62. The van der Waals surface area contributed by atoms with Crippen molar-refractivity contribution >= 4 is 23.4 Å². The van der Waals surface area contributed by atoms with Crippen molar-refractivity contribution in [2.75, 3.05) is 13.1 Å². The highest BCUT2D eigenvalue weighted by molar-refractivity contribution is 6.33. The second-order valence-electron chi connectivity index (χ2n) is 20.3. The molecular formula is C53H62ClF3N2O5. The van der Waals surface area contributed by atoms with E-state index in [1.807, 2.05) is 54.3 Å². The normalized spacial score (nSPS) is 28.3. The first-order chi connectivity index (χ1) is 30.3. The van der Waals surface area contributed by atoms with E-state index in [1.165, 1.54) is 12.1 Å². The SMILES string of the molecule is CC1=CCC[C@@]2(C)[C@@H](CC[C@@]2(O)CN(C[C@@H]2CC[C@H]3C[C@@H]2C3(C)C)C(=O)N[C@H](C)c2ccccc2)c2ccc(cc2C(=O)c2ccc(-c3cc(C(F)(F)F)ccc3Cl)o2)C[C@@H](O)CC1. The summed E-state index contributed by atoms with van der Waals surface area (Å²) in [5, 5.41) is 27.8. The van der Waals surface area contributed by atoms with Crippen molar-refractivity contribution in [3.05, 3.63) is 129 Å². The molecule has 4 saturated carbocycles. The lowest BCUT2D eigenvalue weighted by molar-refractivity contribution is -0.137. The van der Waals surface area contributed by atoms with Gasteiger partial charge in [-0.25, -0.2) is 4.79 Å². The van der Waals surface area contributed by atoms with Crippen LogP contribution in [-0.4, -0.2) is 51.7 Å². The fourth-order valence-electron chi connectivity index (χ4n) is 11.9. The summed E-state index contributed by atoms with van der Waals surface area (Å²) in [6, 6.07) is 21.0. The van der Waals surface area contributed by atoms with Gasteiger partial charge in [0.2, 0.25) is 5.78 Å². The third kappa shape index (κ3) is 8.96. The lowest BCUT2D eigenvalue weighted by atomic mass is 9.45. The molecule has 4 bridgehead atoms. The zero-order chi connectivity index (χ0) is 45.8. The van der Waals surface area contributed by atoms with E-state index < -0.39 is 34.6 Å². The van der Waals surface area contributed by atoms with E-state index in [0.29, 0.717) is 74.8 Å². The number of nitrogens with one attached hydrogen (secondary N) is 1. The van der Waals surface area contributed by atoms with E-state index >= 15 is 0 Å². The number of amides is 2. The van der Waals surface area contributed by atoms with E-state index in [2.05, 4.69) is 39.1 Å². The summed E-state index contributed by atoms with van der Waals surface area (Å²) in [5.41, 5.74) is 1.14. The second-order valence-corrected chi connectivity index (χ2v) is 20.7. The van der Waals surface area contributed by atoms with Crippen LogP contribution in [0.5, 0.6) is 0 Å². The number of urea groups is 1. The Balaban J connectivity index is 1.17. The molecule has 4 fully saturated rings. The number of carbonyl (C=O) groups excluding carboxylic acids is 2.